The van der Waals surface area contributed by atoms with Gasteiger partial charge in [0.15, 0.2) is 0 Å². The molecule has 0 unspecified atom stereocenters. The molecule has 0 bridgehead atoms. The van der Waals surface area contributed by atoms with Gasteiger partial charge in [-0.1, -0.05) is 6.07 Å². The summed E-state index contributed by atoms with van der Waals surface area (Å²) in [6.45, 7) is 0.622. The van der Waals surface area contributed by atoms with Crippen molar-refractivity contribution in [3.8, 4) is 11.3 Å². The number of aromatic nitrogens is 4. The molecular formula is C13H13N5O. The summed E-state index contributed by atoms with van der Waals surface area (Å²) >= 11 is 0. The topological polar surface area (TPSA) is 86.5 Å². The van der Waals surface area contributed by atoms with Crippen LogP contribution in [-0.2, 0) is 6.54 Å². The number of hydrogen-bond acceptors (Lipinski definition) is 4. The van der Waals surface area contributed by atoms with Crippen molar-refractivity contribution in [2.75, 3.05) is 7.05 Å². The largest absolute Gasteiger partial charge is 0.323 e. The first-order valence-electron chi connectivity index (χ1n) is 5.95. The van der Waals surface area contributed by atoms with E-state index in [0.717, 1.165) is 28.1 Å². The molecule has 2 heterocycles. The zero-order valence-electron chi connectivity index (χ0n) is 10.4. The Bertz CT molecular complexity index is 774. The van der Waals surface area contributed by atoms with E-state index in [1.54, 1.807) is 6.20 Å². The third kappa shape index (κ3) is 2.25. The molecule has 0 aliphatic heterocycles. The monoisotopic (exact) mass is 255 g/mol. The molecule has 0 fully saturated rings. The minimum Gasteiger partial charge on any atom is -0.313 e. The summed E-state index contributed by atoms with van der Waals surface area (Å²) in [6.07, 6.45) is 1.74. The van der Waals surface area contributed by atoms with E-state index in [2.05, 4.69) is 25.3 Å². The van der Waals surface area contributed by atoms with Crippen molar-refractivity contribution >= 4 is 11.0 Å². The fourth-order valence-electron chi connectivity index (χ4n) is 2.00. The zero-order chi connectivity index (χ0) is 13.2. The quantitative estimate of drug-likeness (QED) is 0.652. The lowest BCUT2D eigenvalue weighted by Gasteiger charge is -2.03. The standard InChI is InChI=1S/C13H13N5O/c1-14-7-12-15-5-4-9(16-12)8-2-3-10-11(6-8)18-13(19)17-10/h2-6,14H,7H2,1H3,(H2,17,18,19). The Morgan fingerprint density at radius 1 is 1.21 bits per heavy atom. The predicted molar refractivity (Wildman–Crippen MR) is 72.7 cm³/mol. The number of nitrogens with one attached hydrogen (secondary N) is 3. The first kappa shape index (κ1) is 11.6. The highest BCUT2D eigenvalue weighted by atomic mass is 16.1. The molecular weight excluding hydrogens is 242 g/mol. The van der Waals surface area contributed by atoms with Crippen LogP contribution in [0.25, 0.3) is 22.3 Å². The first-order chi connectivity index (χ1) is 9.26. The predicted octanol–water partition coefficient (Wildman–Crippen LogP) is 1.03. The van der Waals surface area contributed by atoms with Crippen LogP contribution in [0.4, 0.5) is 0 Å². The third-order valence-corrected chi connectivity index (χ3v) is 2.85. The minimum absolute atomic E-state index is 0.203. The molecule has 6 nitrogen and oxygen atoms in total. The molecule has 3 rings (SSSR count). The van der Waals surface area contributed by atoms with Crippen molar-refractivity contribution in [2.45, 2.75) is 6.54 Å². The van der Waals surface area contributed by atoms with Crippen LogP contribution >= 0.6 is 0 Å². The van der Waals surface area contributed by atoms with Gasteiger partial charge in [-0.2, -0.15) is 0 Å². The third-order valence-electron chi connectivity index (χ3n) is 2.85. The van der Waals surface area contributed by atoms with Crippen molar-refractivity contribution < 1.29 is 0 Å². The van der Waals surface area contributed by atoms with Crippen LogP contribution in [-0.4, -0.2) is 27.0 Å². The van der Waals surface area contributed by atoms with Crippen molar-refractivity contribution in [3.63, 3.8) is 0 Å². The van der Waals surface area contributed by atoms with Crippen molar-refractivity contribution in [2.24, 2.45) is 0 Å². The molecule has 0 saturated carbocycles. The van der Waals surface area contributed by atoms with Crippen LogP contribution in [0.3, 0.4) is 0 Å². The van der Waals surface area contributed by atoms with E-state index in [4.69, 9.17) is 0 Å². The van der Waals surface area contributed by atoms with Crippen LogP contribution < -0.4 is 11.0 Å². The van der Waals surface area contributed by atoms with Crippen LogP contribution in [0, 0.1) is 0 Å². The highest BCUT2D eigenvalue weighted by Crippen LogP contribution is 2.20. The molecule has 2 aromatic heterocycles. The summed E-state index contributed by atoms with van der Waals surface area (Å²) in [6, 6.07) is 7.55. The van der Waals surface area contributed by atoms with E-state index in [1.165, 1.54) is 0 Å². The van der Waals surface area contributed by atoms with E-state index in [-0.39, 0.29) is 5.69 Å². The molecule has 1 aromatic carbocycles. The fraction of sp³-hybridized carbons (Fsp3) is 0.154. The number of hydrogen-bond donors (Lipinski definition) is 3. The molecule has 0 amide bonds. The zero-order valence-corrected chi connectivity index (χ0v) is 10.4. The van der Waals surface area contributed by atoms with Gasteiger partial charge in [-0.3, -0.25) is 0 Å². The molecule has 0 spiro atoms. The van der Waals surface area contributed by atoms with Crippen LogP contribution in [0.5, 0.6) is 0 Å². The summed E-state index contributed by atoms with van der Waals surface area (Å²) in [4.78, 5) is 25.3. The van der Waals surface area contributed by atoms with Crippen LogP contribution in [0.2, 0.25) is 0 Å². The maximum Gasteiger partial charge on any atom is 0.323 e. The molecule has 0 atom stereocenters. The molecule has 0 saturated heterocycles. The van der Waals surface area contributed by atoms with E-state index in [9.17, 15) is 4.79 Å². The van der Waals surface area contributed by atoms with E-state index in [0.29, 0.717) is 6.54 Å². The van der Waals surface area contributed by atoms with Gasteiger partial charge >= 0.3 is 5.69 Å². The second-order valence-electron chi connectivity index (χ2n) is 4.23. The Hall–Kier alpha value is -2.47. The highest BCUT2D eigenvalue weighted by molar-refractivity contribution is 5.80. The smallest absolute Gasteiger partial charge is 0.313 e. The Morgan fingerprint density at radius 2 is 2.05 bits per heavy atom. The van der Waals surface area contributed by atoms with Crippen LogP contribution in [0.1, 0.15) is 5.82 Å². The van der Waals surface area contributed by atoms with E-state index < -0.39 is 0 Å². The lowest BCUT2D eigenvalue weighted by molar-refractivity contribution is 0.759. The summed E-state index contributed by atoms with van der Waals surface area (Å²) in [5.74, 6) is 0.739. The molecule has 6 heteroatoms. The van der Waals surface area contributed by atoms with Gasteiger partial charge in [0.2, 0.25) is 0 Å². The number of benzene rings is 1. The Morgan fingerprint density at radius 3 is 2.89 bits per heavy atom. The van der Waals surface area contributed by atoms with Gasteiger partial charge < -0.3 is 15.3 Å². The van der Waals surface area contributed by atoms with Gasteiger partial charge in [-0.15, -0.1) is 0 Å². The first-order valence-corrected chi connectivity index (χ1v) is 5.95. The normalized spacial score (nSPS) is 11.0. The van der Waals surface area contributed by atoms with Gasteiger partial charge in [0, 0.05) is 11.8 Å². The average Bonchev–Trinajstić information content (AvgIpc) is 2.78. The number of imidazole rings is 1. The summed E-state index contributed by atoms with van der Waals surface area (Å²) in [5.41, 5.74) is 3.15. The average molecular weight is 255 g/mol. The minimum atomic E-state index is -0.203. The Balaban J connectivity index is 2.07. The molecule has 3 N–H and O–H groups in total. The van der Waals surface area contributed by atoms with Gasteiger partial charge in [-0.05, 0) is 25.2 Å². The molecule has 0 radical (unpaired) electrons. The molecule has 3 aromatic rings. The lowest BCUT2D eigenvalue weighted by atomic mass is 10.1. The second-order valence-corrected chi connectivity index (χ2v) is 4.23. The van der Waals surface area contributed by atoms with Gasteiger partial charge in [0.25, 0.3) is 0 Å². The maximum atomic E-state index is 11.2. The number of rotatable bonds is 3. The molecule has 0 aliphatic carbocycles. The number of H-pyrrole nitrogens is 2. The SMILES string of the molecule is CNCc1nccc(-c2ccc3[nH]c(=O)[nH]c3c2)n1. The molecule has 0 aliphatic rings. The van der Waals surface area contributed by atoms with Crippen LogP contribution in [0.15, 0.2) is 35.3 Å². The second kappa shape index (κ2) is 4.66. The van der Waals surface area contributed by atoms with Crippen molar-refractivity contribution in [1.82, 2.24) is 25.3 Å². The Kier molecular flexibility index (Phi) is 2.85. The van der Waals surface area contributed by atoms with Crippen molar-refractivity contribution in [3.05, 3.63) is 46.8 Å². The fourth-order valence-corrected chi connectivity index (χ4v) is 2.00. The van der Waals surface area contributed by atoms with Gasteiger partial charge in [0.05, 0.1) is 23.3 Å². The highest BCUT2D eigenvalue weighted by Gasteiger charge is 2.04. The molecule has 19 heavy (non-hydrogen) atoms. The summed E-state index contributed by atoms with van der Waals surface area (Å²) in [7, 11) is 1.85. The maximum absolute atomic E-state index is 11.2. The van der Waals surface area contributed by atoms with E-state index >= 15 is 0 Å². The molecule has 96 valence electrons. The van der Waals surface area contributed by atoms with Gasteiger partial charge in [0.1, 0.15) is 5.82 Å². The number of nitrogens with zero attached hydrogens (tertiary/aromatic N) is 2. The van der Waals surface area contributed by atoms with Gasteiger partial charge in [-0.25, -0.2) is 14.8 Å². The number of fused-ring (bicyclic) bond motifs is 1. The summed E-state index contributed by atoms with van der Waals surface area (Å²) in [5, 5.41) is 3.02. The summed E-state index contributed by atoms with van der Waals surface area (Å²) < 4.78 is 0. The van der Waals surface area contributed by atoms with Crippen molar-refractivity contribution in [1.29, 1.82) is 0 Å². The Labute approximate surface area is 108 Å². The lowest BCUT2D eigenvalue weighted by Crippen LogP contribution is -2.09. The number of aromatic amines is 2. The van der Waals surface area contributed by atoms with E-state index in [1.807, 2.05) is 31.3 Å².